The molecule has 0 radical (unpaired) electrons. The molecule has 10 heteroatoms. The molecule has 0 aliphatic carbocycles. The number of benzene rings is 1. The van der Waals surface area contributed by atoms with Crippen molar-refractivity contribution in [2.75, 3.05) is 6.54 Å². The first-order chi connectivity index (χ1) is 15.1. The van der Waals surface area contributed by atoms with Gasteiger partial charge in [0.15, 0.2) is 0 Å². The summed E-state index contributed by atoms with van der Waals surface area (Å²) in [5.41, 5.74) is 8.24. The molecule has 3 aromatic rings. The quantitative estimate of drug-likeness (QED) is 0.563. The third-order valence-corrected chi connectivity index (χ3v) is 6.42. The van der Waals surface area contributed by atoms with Crippen LogP contribution in [0.3, 0.4) is 0 Å². The summed E-state index contributed by atoms with van der Waals surface area (Å²) in [5, 5.41) is 7.33. The maximum atomic E-state index is 13.1. The number of amides is 2. The number of rotatable bonds is 7. The van der Waals surface area contributed by atoms with Crippen LogP contribution in [0.5, 0.6) is 0 Å². The van der Waals surface area contributed by atoms with Gasteiger partial charge in [-0.3, -0.25) is 14.4 Å². The van der Waals surface area contributed by atoms with E-state index in [1.807, 2.05) is 0 Å². The van der Waals surface area contributed by atoms with Gasteiger partial charge in [0.05, 0.1) is 22.9 Å². The lowest BCUT2D eigenvalue weighted by molar-refractivity contribution is -0.121. The SMILES string of the molecule is Cc1nc(-c2c(C)c(C)nn(C)c2=O)sc1C(=O)NCC(Cc1ccc(F)cc1)C(N)=O. The van der Waals surface area contributed by atoms with E-state index in [-0.39, 0.29) is 24.3 Å². The van der Waals surface area contributed by atoms with Crippen LogP contribution in [0.1, 0.15) is 32.2 Å². The first-order valence-corrected chi connectivity index (χ1v) is 10.7. The van der Waals surface area contributed by atoms with Crippen molar-refractivity contribution >= 4 is 23.2 Å². The molecule has 0 aliphatic heterocycles. The average molecular weight is 458 g/mol. The predicted octanol–water partition coefficient (Wildman–Crippen LogP) is 2.04. The minimum atomic E-state index is -0.658. The fourth-order valence-electron chi connectivity index (χ4n) is 3.29. The molecular weight excluding hydrogens is 433 g/mol. The molecular formula is C22H24FN5O3S. The largest absolute Gasteiger partial charge is 0.369 e. The number of hydrogen-bond acceptors (Lipinski definition) is 6. The van der Waals surface area contributed by atoms with E-state index in [0.717, 1.165) is 16.9 Å². The van der Waals surface area contributed by atoms with E-state index in [1.54, 1.807) is 40.0 Å². The molecule has 1 atom stereocenters. The number of thiazole rings is 1. The van der Waals surface area contributed by atoms with Gasteiger partial charge in [-0.1, -0.05) is 12.1 Å². The van der Waals surface area contributed by atoms with Crippen molar-refractivity contribution < 1.29 is 14.0 Å². The second-order valence-corrected chi connectivity index (χ2v) is 8.59. The molecule has 0 fully saturated rings. The normalized spacial score (nSPS) is 11.9. The predicted molar refractivity (Wildman–Crippen MR) is 120 cm³/mol. The number of nitrogens with zero attached hydrogens (tertiary/aromatic N) is 3. The van der Waals surface area contributed by atoms with Crippen LogP contribution < -0.4 is 16.6 Å². The topological polar surface area (TPSA) is 120 Å². The Hall–Kier alpha value is -3.40. The van der Waals surface area contributed by atoms with Gasteiger partial charge in [0.1, 0.15) is 15.7 Å². The molecule has 2 amide bonds. The molecule has 0 spiro atoms. The number of hydrogen-bond donors (Lipinski definition) is 2. The molecule has 1 aromatic carbocycles. The van der Waals surface area contributed by atoms with Crippen LogP contribution in [0, 0.1) is 32.5 Å². The van der Waals surface area contributed by atoms with Crippen LogP contribution in [0.15, 0.2) is 29.1 Å². The lowest BCUT2D eigenvalue weighted by Gasteiger charge is -2.14. The Morgan fingerprint density at radius 2 is 1.84 bits per heavy atom. The number of aromatic nitrogens is 3. The second-order valence-electron chi connectivity index (χ2n) is 7.59. The molecule has 168 valence electrons. The molecule has 8 nitrogen and oxygen atoms in total. The van der Waals surface area contributed by atoms with E-state index in [0.29, 0.717) is 32.4 Å². The van der Waals surface area contributed by atoms with E-state index in [9.17, 15) is 18.8 Å². The van der Waals surface area contributed by atoms with Crippen molar-refractivity contribution in [1.29, 1.82) is 0 Å². The highest BCUT2D eigenvalue weighted by Gasteiger charge is 2.23. The van der Waals surface area contributed by atoms with Gasteiger partial charge in [0, 0.05) is 13.6 Å². The number of halogens is 1. The van der Waals surface area contributed by atoms with Crippen molar-refractivity contribution in [2.45, 2.75) is 27.2 Å². The summed E-state index contributed by atoms with van der Waals surface area (Å²) in [7, 11) is 1.57. The van der Waals surface area contributed by atoms with Crippen molar-refractivity contribution in [1.82, 2.24) is 20.1 Å². The summed E-state index contributed by atoms with van der Waals surface area (Å²) in [6.45, 7) is 5.31. The minimum absolute atomic E-state index is 0.0212. The molecule has 0 saturated carbocycles. The van der Waals surface area contributed by atoms with Gasteiger partial charge >= 0.3 is 0 Å². The number of nitrogens with two attached hydrogens (primary N) is 1. The molecule has 2 heterocycles. The van der Waals surface area contributed by atoms with Gasteiger partial charge in [-0.25, -0.2) is 14.1 Å². The fraction of sp³-hybridized carbons (Fsp3) is 0.318. The van der Waals surface area contributed by atoms with Crippen LogP contribution in [-0.4, -0.2) is 33.1 Å². The van der Waals surface area contributed by atoms with E-state index in [1.165, 1.54) is 16.8 Å². The monoisotopic (exact) mass is 457 g/mol. The summed E-state index contributed by atoms with van der Waals surface area (Å²) in [6.07, 6.45) is 0.272. The highest BCUT2D eigenvalue weighted by atomic mass is 32.1. The van der Waals surface area contributed by atoms with Gasteiger partial charge in [0.2, 0.25) is 5.91 Å². The van der Waals surface area contributed by atoms with E-state index in [4.69, 9.17) is 5.73 Å². The molecule has 0 aliphatic rings. The minimum Gasteiger partial charge on any atom is -0.369 e. The van der Waals surface area contributed by atoms with Crippen LogP contribution in [0.25, 0.3) is 10.6 Å². The fourth-order valence-corrected chi connectivity index (χ4v) is 4.37. The molecule has 32 heavy (non-hydrogen) atoms. The zero-order valence-corrected chi connectivity index (χ0v) is 19.0. The lowest BCUT2D eigenvalue weighted by Crippen LogP contribution is -2.37. The van der Waals surface area contributed by atoms with Gasteiger partial charge in [-0.05, 0) is 50.5 Å². The molecule has 3 rings (SSSR count). The maximum Gasteiger partial charge on any atom is 0.277 e. The van der Waals surface area contributed by atoms with Crippen molar-refractivity contribution in [3.05, 3.63) is 67.8 Å². The maximum absolute atomic E-state index is 13.1. The highest BCUT2D eigenvalue weighted by Crippen LogP contribution is 2.28. The van der Waals surface area contributed by atoms with Crippen molar-refractivity contribution in [3.8, 4) is 10.6 Å². The second kappa shape index (κ2) is 9.39. The van der Waals surface area contributed by atoms with Crippen LogP contribution in [-0.2, 0) is 18.3 Å². The Morgan fingerprint density at radius 3 is 2.47 bits per heavy atom. The number of carbonyl (C=O) groups is 2. The molecule has 0 saturated heterocycles. The first-order valence-electron chi connectivity index (χ1n) is 9.92. The van der Waals surface area contributed by atoms with Gasteiger partial charge in [-0.2, -0.15) is 5.10 Å². The smallest absolute Gasteiger partial charge is 0.277 e. The van der Waals surface area contributed by atoms with E-state index >= 15 is 0 Å². The standard InChI is InChI=1S/C22H24FN5O3S/c1-11-12(2)27-28(4)22(31)17(11)21-26-13(3)18(32-21)20(30)25-10-15(19(24)29)9-14-5-7-16(23)8-6-14/h5-8,15H,9-10H2,1-4H3,(H2,24,29)(H,25,30). The van der Waals surface area contributed by atoms with Crippen LogP contribution >= 0.6 is 11.3 Å². The Morgan fingerprint density at radius 1 is 1.19 bits per heavy atom. The summed E-state index contributed by atoms with van der Waals surface area (Å²) in [4.78, 5) is 42.0. The molecule has 2 aromatic heterocycles. The van der Waals surface area contributed by atoms with E-state index in [2.05, 4.69) is 15.4 Å². The Kier molecular flexibility index (Phi) is 6.83. The van der Waals surface area contributed by atoms with Crippen LogP contribution in [0.2, 0.25) is 0 Å². The Bertz CT molecular complexity index is 1230. The highest BCUT2D eigenvalue weighted by molar-refractivity contribution is 7.17. The summed E-state index contributed by atoms with van der Waals surface area (Å²) < 4.78 is 14.4. The van der Waals surface area contributed by atoms with Crippen molar-refractivity contribution in [2.24, 2.45) is 18.7 Å². The zero-order valence-electron chi connectivity index (χ0n) is 18.2. The van der Waals surface area contributed by atoms with E-state index < -0.39 is 17.7 Å². The van der Waals surface area contributed by atoms with Gasteiger partial charge < -0.3 is 11.1 Å². The molecule has 0 bridgehead atoms. The number of nitrogens with one attached hydrogen (secondary N) is 1. The molecule has 3 N–H and O–H groups in total. The van der Waals surface area contributed by atoms with Gasteiger partial charge in [0.25, 0.3) is 11.5 Å². The number of primary amides is 1. The molecule has 1 unspecified atom stereocenters. The number of carbonyl (C=O) groups excluding carboxylic acids is 2. The lowest BCUT2D eigenvalue weighted by atomic mass is 9.98. The third-order valence-electron chi connectivity index (χ3n) is 5.25. The summed E-state index contributed by atoms with van der Waals surface area (Å²) in [5.74, 6) is -2.00. The zero-order chi connectivity index (χ0) is 23.6. The van der Waals surface area contributed by atoms with Crippen molar-refractivity contribution in [3.63, 3.8) is 0 Å². The number of aryl methyl sites for hydroxylation is 3. The average Bonchev–Trinajstić information content (AvgIpc) is 3.12. The summed E-state index contributed by atoms with van der Waals surface area (Å²) >= 11 is 1.11. The Labute approximate surface area is 188 Å². The Balaban J connectivity index is 1.79. The third kappa shape index (κ3) is 4.91. The first kappa shape index (κ1) is 23.3. The van der Waals surface area contributed by atoms with Gasteiger partial charge in [-0.15, -0.1) is 11.3 Å². The van der Waals surface area contributed by atoms with Crippen LogP contribution in [0.4, 0.5) is 4.39 Å². The summed E-state index contributed by atoms with van der Waals surface area (Å²) in [6, 6.07) is 5.76.